The minimum Gasteiger partial charge on any atom is -0.394 e. The first-order valence-corrected chi connectivity index (χ1v) is 8.33. The predicted octanol–water partition coefficient (Wildman–Crippen LogP) is 2.11. The van der Waals surface area contributed by atoms with Gasteiger partial charge in [-0.25, -0.2) is 0 Å². The molecular weight excluding hydrogens is 266 g/mol. The molecule has 0 bridgehead atoms. The summed E-state index contributed by atoms with van der Waals surface area (Å²) in [5.74, 6) is 1.23. The summed E-state index contributed by atoms with van der Waals surface area (Å²) in [5.41, 5.74) is -0.274. The molecule has 4 heteroatoms. The van der Waals surface area contributed by atoms with Crippen LogP contribution in [0, 0.1) is 11.8 Å². The lowest BCUT2D eigenvalue weighted by Crippen LogP contribution is -2.50. The molecule has 0 fully saturated rings. The van der Waals surface area contributed by atoms with Gasteiger partial charge in [-0.2, -0.15) is 0 Å². The third kappa shape index (κ3) is 6.07. The van der Waals surface area contributed by atoms with E-state index in [1.165, 1.54) is 0 Å². The zero-order valence-electron chi connectivity index (χ0n) is 13.8. The first kappa shape index (κ1) is 18.6. The van der Waals surface area contributed by atoms with Gasteiger partial charge >= 0.3 is 0 Å². The molecule has 124 valence electrons. The van der Waals surface area contributed by atoms with Gasteiger partial charge in [0.15, 0.2) is 0 Å². The molecule has 1 aliphatic rings. The van der Waals surface area contributed by atoms with Crippen molar-refractivity contribution in [1.82, 2.24) is 5.32 Å². The lowest BCUT2D eigenvalue weighted by atomic mass is 9.85. The Balaban J connectivity index is 2.21. The molecule has 1 aliphatic carbocycles. The van der Waals surface area contributed by atoms with Gasteiger partial charge in [-0.15, -0.1) is 0 Å². The molecule has 0 aliphatic heterocycles. The van der Waals surface area contributed by atoms with Crippen LogP contribution in [0.15, 0.2) is 12.2 Å². The monoisotopic (exact) mass is 299 g/mol. The van der Waals surface area contributed by atoms with Crippen molar-refractivity contribution in [3.63, 3.8) is 0 Å². The highest BCUT2D eigenvalue weighted by molar-refractivity contribution is 4.93. The molecule has 21 heavy (non-hydrogen) atoms. The second-order valence-electron chi connectivity index (χ2n) is 6.40. The highest BCUT2D eigenvalue weighted by Gasteiger charge is 2.25. The maximum absolute atomic E-state index is 10.0. The molecule has 0 spiro atoms. The van der Waals surface area contributed by atoms with Gasteiger partial charge in [-0.1, -0.05) is 32.9 Å². The third-order valence-electron chi connectivity index (χ3n) is 4.93. The van der Waals surface area contributed by atoms with Crippen LogP contribution in [0.3, 0.4) is 0 Å². The van der Waals surface area contributed by atoms with Gasteiger partial charge in [0, 0.05) is 12.1 Å². The van der Waals surface area contributed by atoms with E-state index in [2.05, 4.69) is 24.4 Å². The standard InChI is InChI=1S/C17H33NO3/c1-4-17(5-2,13-19)18-10-16(20)12-21-11-15-9-7-6-8-14(15)3/h6-7,14-16,18-20H,4-5,8-13H2,1-3H3. The molecule has 0 aromatic rings. The second-order valence-corrected chi connectivity index (χ2v) is 6.40. The number of ether oxygens (including phenoxy) is 1. The fourth-order valence-electron chi connectivity index (χ4n) is 2.77. The Labute approximate surface area is 129 Å². The van der Waals surface area contributed by atoms with Crippen molar-refractivity contribution in [3.05, 3.63) is 12.2 Å². The summed E-state index contributed by atoms with van der Waals surface area (Å²) in [5, 5.41) is 22.8. The van der Waals surface area contributed by atoms with Crippen LogP contribution in [0.2, 0.25) is 0 Å². The SMILES string of the molecule is CCC(CC)(CO)NCC(O)COCC1CC=CCC1C. The Hall–Kier alpha value is -0.420. The first-order valence-electron chi connectivity index (χ1n) is 8.33. The predicted molar refractivity (Wildman–Crippen MR) is 86.3 cm³/mol. The van der Waals surface area contributed by atoms with E-state index in [0.29, 0.717) is 25.0 Å². The maximum atomic E-state index is 10.0. The summed E-state index contributed by atoms with van der Waals surface area (Å²) in [6, 6.07) is 0. The summed E-state index contributed by atoms with van der Waals surface area (Å²) < 4.78 is 5.69. The highest BCUT2D eigenvalue weighted by atomic mass is 16.5. The Kier molecular flexibility index (Phi) is 8.49. The number of allylic oxidation sites excluding steroid dienone is 2. The lowest BCUT2D eigenvalue weighted by Gasteiger charge is -2.32. The number of nitrogens with one attached hydrogen (secondary N) is 1. The minimum absolute atomic E-state index is 0.0967. The van der Waals surface area contributed by atoms with E-state index in [4.69, 9.17) is 4.74 Å². The largest absolute Gasteiger partial charge is 0.394 e. The first-order chi connectivity index (χ1) is 10.1. The molecule has 0 saturated heterocycles. The molecule has 3 N–H and O–H groups in total. The summed E-state index contributed by atoms with van der Waals surface area (Å²) in [6.07, 6.45) is 7.84. The molecule has 0 amide bonds. The van der Waals surface area contributed by atoms with Crippen LogP contribution in [0.4, 0.5) is 0 Å². The van der Waals surface area contributed by atoms with Crippen LogP contribution in [-0.4, -0.2) is 48.2 Å². The van der Waals surface area contributed by atoms with E-state index >= 15 is 0 Å². The molecular formula is C17H33NO3. The Morgan fingerprint density at radius 3 is 2.52 bits per heavy atom. The number of hydrogen-bond acceptors (Lipinski definition) is 4. The van der Waals surface area contributed by atoms with Gasteiger partial charge < -0.3 is 20.3 Å². The van der Waals surface area contributed by atoms with E-state index in [-0.39, 0.29) is 12.1 Å². The van der Waals surface area contributed by atoms with E-state index in [9.17, 15) is 10.2 Å². The van der Waals surface area contributed by atoms with E-state index in [0.717, 1.165) is 32.3 Å². The van der Waals surface area contributed by atoms with Crippen molar-refractivity contribution in [2.24, 2.45) is 11.8 Å². The Morgan fingerprint density at radius 1 is 1.29 bits per heavy atom. The van der Waals surface area contributed by atoms with Crippen molar-refractivity contribution in [1.29, 1.82) is 0 Å². The zero-order chi connectivity index (χ0) is 15.7. The van der Waals surface area contributed by atoms with Crippen molar-refractivity contribution in [2.45, 2.75) is 58.1 Å². The normalized spacial score (nSPS) is 24.2. The van der Waals surface area contributed by atoms with Gasteiger partial charge in [0.25, 0.3) is 0 Å². The topological polar surface area (TPSA) is 61.7 Å². The average Bonchev–Trinajstić information content (AvgIpc) is 2.51. The minimum atomic E-state index is -0.525. The number of aliphatic hydroxyl groups excluding tert-OH is 2. The van der Waals surface area contributed by atoms with Crippen LogP contribution in [0.5, 0.6) is 0 Å². The van der Waals surface area contributed by atoms with Crippen LogP contribution in [0.1, 0.15) is 46.5 Å². The number of hydrogen-bond donors (Lipinski definition) is 3. The fourth-order valence-corrected chi connectivity index (χ4v) is 2.77. The van der Waals surface area contributed by atoms with Crippen LogP contribution < -0.4 is 5.32 Å². The molecule has 3 unspecified atom stereocenters. The van der Waals surface area contributed by atoms with Gasteiger partial charge in [0.1, 0.15) is 0 Å². The third-order valence-corrected chi connectivity index (χ3v) is 4.93. The van der Waals surface area contributed by atoms with E-state index in [1.54, 1.807) is 0 Å². The maximum Gasteiger partial charge on any atom is 0.0897 e. The molecule has 0 aromatic carbocycles. The van der Waals surface area contributed by atoms with E-state index in [1.807, 2.05) is 13.8 Å². The van der Waals surface area contributed by atoms with Crippen molar-refractivity contribution < 1.29 is 14.9 Å². The number of rotatable bonds is 10. The molecule has 0 heterocycles. The van der Waals surface area contributed by atoms with E-state index < -0.39 is 6.10 Å². The van der Waals surface area contributed by atoms with Gasteiger partial charge in [0.05, 0.1) is 25.9 Å². The summed E-state index contributed by atoms with van der Waals surface area (Å²) in [4.78, 5) is 0. The summed E-state index contributed by atoms with van der Waals surface area (Å²) in [7, 11) is 0. The van der Waals surface area contributed by atoms with Crippen LogP contribution in [-0.2, 0) is 4.74 Å². The van der Waals surface area contributed by atoms with Crippen molar-refractivity contribution in [2.75, 3.05) is 26.4 Å². The van der Waals surface area contributed by atoms with Crippen molar-refractivity contribution in [3.8, 4) is 0 Å². The molecule has 4 nitrogen and oxygen atoms in total. The lowest BCUT2D eigenvalue weighted by molar-refractivity contribution is 0.00722. The molecule has 0 radical (unpaired) electrons. The number of aliphatic hydroxyl groups is 2. The number of β-amino-alcohol motifs (C(OH)–C–C–N with tert-alkyl or cyclic N) is 1. The van der Waals surface area contributed by atoms with Gasteiger partial charge in [0.2, 0.25) is 0 Å². The molecule has 3 atom stereocenters. The van der Waals surface area contributed by atoms with Crippen LogP contribution >= 0.6 is 0 Å². The highest BCUT2D eigenvalue weighted by Crippen LogP contribution is 2.25. The molecule has 0 saturated carbocycles. The summed E-state index contributed by atoms with van der Waals surface area (Å²) >= 11 is 0. The smallest absolute Gasteiger partial charge is 0.0897 e. The van der Waals surface area contributed by atoms with Gasteiger partial charge in [-0.05, 0) is 37.5 Å². The Bertz CT molecular complexity index is 294. The quantitative estimate of drug-likeness (QED) is 0.541. The van der Waals surface area contributed by atoms with Crippen LogP contribution in [0.25, 0.3) is 0 Å². The van der Waals surface area contributed by atoms with Gasteiger partial charge in [-0.3, -0.25) is 0 Å². The average molecular weight is 299 g/mol. The van der Waals surface area contributed by atoms with Crippen molar-refractivity contribution >= 4 is 0 Å². The fraction of sp³-hybridized carbons (Fsp3) is 0.882. The second kappa shape index (κ2) is 9.57. The zero-order valence-corrected chi connectivity index (χ0v) is 13.8. The summed E-state index contributed by atoms with van der Waals surface area (Å²) in [6.45, 7) is 7.99. The molecule has 0 aromatic heterocycles. The molecule has 1 rings (SSSR count). The Morgan fingerprint density at radius 2 is 1.95 bits per heavy atom.